The van der Waals surface area contributed by atoms with E-state index in [1.165, 1.54) is 0 Å². The molecule has 1 fully saturated rings. The van der Waals surface area contributed by atoms with Gasteiger partial charge in [0.1, 0.15) is 0 Å². The van der Waals surface area contributed by atoms with Gasteiger partial charge in [0.05, 0.1) is 24.4 Å². The summed E-state index contributed by atoms with van der Waals surface area (Å²) in [5.41, 5.74) is 2.99. The summed E-state index contributed by atoms with van der Waals surface area (Å²) >= 11 is 1.64. The largest absolute Gasteiger partial charge is 0.379 e. The smallest absolute Gasteiger partial charge is 0.0795 e. The Balaban J connectivity index is 1.69. The van der Waals surface area contributed by atoms with Crippen molar-refractivity contribution in [3.8, 4) is 0 Å². The molecule has 1 aromatic heterocycles. The Kier molecular flexibility index (Phi) is 4.08. The second-order valence-corrected chi connectivity index (χ2v) is 4.52. The van der Waals surface area contributed by atoms with Crippen molar-refractivity contribution in [3.63, 3.8) is 0 Å². The van der Waals surface area contributed by atoms with E-state index in [9.17, 15) is 0 Å². The summed E-state index contributed by atoms with van der Waals surface area (Å²) in [6.07, 6.45) is 0. The first-order valence-electron chi connectivity index (χ1n) is 5.23. The van der Waals surface area contributed by atoms with Crippen LogP contribution in [0.4, 0.5) is 0 Å². The summed E-state index contributed by atoms with van der Waals surface area (Å²) in [5.74, 6) is 0.577. The molecule has 0 spiro atoms. The van der Waals surface area contributed by atoms with E-state index in [1.807, 2.05) is 12.6 Å². The van der Waals surface area contributed by atoms with E-state index in [0.29, 0.717) is 12.0 Å². The van der Waals surface area contributed by atoms with Crippen molar-refractivity contribution in [2.75, 3.05) is 26.8 Å². The maximum atomic E-state index is 5.43. The third kappa shape index (κ3) is 2.98. The molecule has 1 aliphatic heterocycles. The monoisotopic (exact) mass is 227 g/mol. The summed E-state index contributed by atoms with van der Waals surface area (Å²) in [5, 5.41) is 8.77. The molecule has 0 saturated carbocycles. The third-order valence-corrected chi connectivity index (χ3v) is 3.40. The van der Waals surface area contributed by atoms with Crippen LogP contribution in [-0.2, 0) is 11.3 Å². The van der Waals surface area contributed by atoms with Crippen LogP contribution < -0.4 is 10.6 Å². The molecule has 2 atom stereocenters. The molecule has 0 bridgehead atoms. The van der Waals surface area contributed by atoms with Gasteiger partial charge in [0, 0.05) is 30.4 Å². The van der Waals surface area contributed by atoms with E-state index in [0.717, 1.165) is 32.0 Å². The number of hydrogen-bond donors (Lipinski definition) is 2. The first kappa shape index (κ1) is 11.0. The molecule has 2 rings (SSSR count). The van der Waals surface area contributed by atoms with Crippen LogP contribution >= 0.6 is 11.3 Å². The van der Waals surface area contributed by atoms with E-state index in [1.54, 1.807) is 11.3 Å². The molecule has 1 aromatic rings. The Bertz CT molecular complexity index is 278. The molecule has 0 amide bonds. The quantitative estimate of drug-likeness (QED) is 0.767. The van der Waals surface area contributed by atoms with Crippen molar-refractivity contribution in [1.29, 1.82) is 0 Å². The fraction of sp³-hybridized carbons (Fsp3) is 0.700. The molecule has 2 unspecified atom stereocenters. The second-order valence-electron chi connectivity index (χ2n) is 3.80. The molecule has 0 aliphatic carbocycles. The van der Waals surface area contributed by atoms with E-state index in [2.05, 4.69) is 21.0 Å². The van der Waals surface area contributed by atoms with Gasteiger partial charge >= 0.3 is 0 Å². The highest BCUT2D eigenvalue weighted by Gasteiger charge is 2.26. The zero-order valence-electron chi connectivity index (χ0n) is 8.90. The number of aromatic nitrogens is 1. The zero-order valence-corrected chi connectivity index (χ0v) is 9.72. The number of ether oxygens (including phenoxy) is 1. The summed E-state index contributed by atoms with van der Waals surface area (Å²) in [6.45, 7) is 3.54. The molecular weight excluding hydrogens is 210 g/mol. The number of rotatable bonds is 5. The third-order valence-electron chi connectivity index (χ3n) is 2.77. The van der Waals surface area contributed by atoms with Crippen molar-refractivity contribution < 1.29 is 4.74 Å². The van der Waals surface area contributed by atoms with Crippen LogP contribution in [0.1, 0.15) is 5.69 Å². The van der Waals surface area contributed by atoms with Gasteiger partial charge < -0.3 is 15.4 Å². The minimum atomic E-state index is 0.493. The predicted octanol–water partition coefficient (Wildman–Crippen LogP) is 0.467. The van der Waals surface area contributed by atoms with Crippen molar-refractivity contribution in [2.45, 2.75) is 12.6 Å². The lowest BCUT2D eigenvalue weighted by Crippen LogP contribution is -2.38. The van der Waals surface area contributed by atoms with E-state index in [-0.39, 0.29) is 0 Å². The number of nitrogens with one attached hydrogen (secondary N) is 2. The Hall–Kier alpha value is -0.490. The van der Waals surface area contributed by atoms with Gasteiger partial charge in [0.2, 0.25) is 0 Å². The number of thiazole rings is 1. The Labute approximate surface area is 94.1 Å². The van der Waals surface area contributed by atoms with Crippen LogP contribution in [0.15, 0.2) is 10.9 Å². The molecule has 1 aliphatic rings. The van der Waals surface area contributed by atoms with Crippen molar-refractivity contribution >= 4 is 11.3 Å². The van der Waals surface area contributed by atoms with Crippen LogP contribution in [0.2, 0.25) is 0 Å². The maximum Gasteiger partial charge on any atom is 0.0795 e. The first-order valence-corrected chi connectivity index (χ1v) is 6.17. The minimum absolute atomic E-state index is 0.493. The van der Waals surface area contributed by atoms with E-state index < -0.39 is 0 Å². The van der Waals surface area contributed by atoms with Gasteiger partial charge in [0.25, 0.3) is 0 Å². The average molecular weight is 227 g/mol. The molecule has 15 heavy (non-hydrogen) atoms. The lowest BCUT2D eigenvalue weighted by atomic mass is 10.0. The summed E-state index contributed by atoms with van der Waals surface area (Å²) in [6, 6.07) is 0.493. The summed E-state index contributed by atoms with van der Waals surface area (Å²) in [7, 11) is 1.99. The molecule has 4 nitrogen and oxygen atoms in total. The predicted molar refractivity (Wildman–Crippen MR) is 61.0 cm³/mol. The van der Waals surface area contributed by atoms with Gasteiger partial charge in [-0.15, -0.1) is 11.3 Å². The van der Waals surface area contributed by atoms with Crippen molar-refractivity contribution in [3.05, 3.63) is 16.6 Å². The van der Waals surface area contributed by atoms with Gasteiger partial charge in [-0.05, 0) is 7.05 Å². The van der Waals surface area contributed by atoms with Crippen LogP contribution in [0.5, 0.6) is 0 Å². The van der Waals surface area contributed by atoms with Gasteiger partial charge in [0.15, 0.2) is 0 Å². The van der Waals surface area contributed by atoms with Gasteiger partial charge in [-0.3, -0.25) is 0 Å². The maximum absolute atomic E-state index is 5.43. The zero-order chi connectivity index (χ0) is 10.5. The Morgan fingerprint density at radius 2 is 2.53 bits per heavy atom. The number of likely N-dealkylation sites (N-methyl/N-ethyl adjacent to an activating group) is 1. The fourth-order valence-electron chi connectivity index (χ4n) is 1.83. The lowest BCUT2D eigenvalue weighted by molar-refractivity contribution is 0.182. The van der Waals surface area contributed by atoms with Gasteiger partial charge in [-0.25, -0.2) is 4.98 Å². The highest BCUT2D eigenvalue weighted by molar-refractivity contribution is 7.07. The molecule has 84 valence electrons. The standard InChI is InChI=1S/C10H17N3OS/c1-11-10-5-14-4-8(10)2-12-3-9-6-15-7-13-9/h6-8,10-12H,2-5H2,1H3. The fourth-order valence-corrected chi connectivity index (χ4v) is 2.39. The lowest BCUT2D eigenvalue weighted by Gasteiger charge is -2.16. The Morgan fingerprint density at radius 1 is 1.60 bits per heavy atom. The highest BCUT2D eigenvalue weighted by atomic mass is 32.1. The van der Waals surface area contributed by atoms with Crippen LogP contribution in [0, 0.1) is 5.92 Å². The molecular formula is C10H17N3OS. The van der Waals surface area contributed by atoms with Crippen molar-refractivity contribution in [2.24, 2.45) is 5.92 Å². The SMILES string of the molecule is CNC1COCC1CNCc1cscn1. The first-order chi connectivity index (χ1) is 7.40. The van der Waals surface area contributed by atoms with Crippen LogP contribution in [0.25, 0.3) is 0 Å². The number of nitrogens with zero attached hydrogens (tertiary/aromatic N) is 1. The second kappa shape index (κ2) is 5.55. The van der Waals surface area contributed by atoms with Gasteiger partial charge in [-0.2, -0.15) is 0 Å². The van der Waals surface area contributed by atoms with Gasteiger partial charge in [-0.1, -0.05) is 0 Å². The summed E-state index contributed by atoms with van der Waals surface area (Å²) in [4.78, 5) is 4.23. The van der Waals surface area contributed by atoms with E-state index in [4.69, 9.17) is 4.74 Å². The summed E-state index contributed by atoms with van der Waals surface area (Å²) < 4.78 is 5.43. The average Bonchev–Trinajstić information content (AvgIpc) is 2.88. The molecule has 2 N–H and O–H groups in total. The highest BCUT2D eigenvalue weighted by Crippen LogP contribution is 2.12. The van der Waals surface area contributed by atoms with Crippen molar-refractivity contribution in [1.82, 2.24) is 15.6 Å². The number of hydrogen-bond acceptors (Lipinski definition) is 5. The van der Waals surface area contributed by atoms with Crippen LogP contribution in [-0.4, -0.2) is 37.8 Å². The molecule has 2 heterocycles. The van der Waals surface area contributed by atoms with E-state index >= 15 is 0 Å². The normalized spacial score (nSPS) is 25.9. The molecule has 0 radical (unpaired) electrons. The molecule has 0 aromatic carbocycles. The Morgan fingerprint density at radius 3 is 3.27 bits per heavy atom. The topological polar surface area (TPSA) is 46.2 Å². The minimum Gasteiger partial charge on any atom is -0.379 e. The molecule has 1 saturated heterocycles. The van der Waals surface area contributed by atoms with Crippen LogP contribution in [0.3, 0.4) is 0 Å². The molecule has 5 heteroatoms.